The Hall–Kier alpha value is -0.630. The monoisotopic (exact) mass is 381 g/mol. The standard InChI is InChI=1S/C12H19N3OS.HI/c1-9(15-12(13-2)14-3)10-5-7-11(8-6-10)17(4)16;/h5-9H,1-4H3,(H2,13,14,15);1H. The van der Waals surface area contributed by atoms with E-state index >= 15 is 0 Å². The Morgan fingerprint density at radius 1 is 1.33 bits per heavy atom. The highest BCUT2D eigenvalue weighted by Crippen LogP contribution is 2.14. The maximum absolute atomic E-state index is 11.3. The lowest BCUT2D eigenvalue weighted by Gasteiger charge is -2.16. The van der Waals surface area contributed by atoms with E-state index in [1.54, 1.807) is 13.3 Å². The lowest BCUT2D eigenvalue weighted by molar-refractivity contribution is 0.685. The predicted octanol–water partition coefficient (Wildman–Crippen LogP) is 1.90. The molecule has 2 unspecified atom stereocenters. The number of hydrogen-bond acceptors (Lipinski definition) is 2. The molecule has 0 bridgehead atoms. The number of benzene rings is 1. The number of nitrogens with one attached hydrogen (secondary N) is 2. The molecule has 1 aromatic rings. The van der Waals surface area contributed by atoms with E-state index in [0.717, 1.165) is 16.4 Å². The molecular formula is C12H20IN3OS. The van der Waals surface area contributed by atoms with Gasteiger partial charge >= 0.3 is 0 Å². The van der Waals surface area contributed by atoms with E-state index in [2.05, 4.69) is 22.5 Å². The Bertz CT molecular complexity index is 420. The van der Waals surface area contributed by atoms with E-state index in [-0.39, 0.29) is 30.0 Å². The van der Waals surface area contributed by atoms with E-state index in [1.807, 2.05) is 31.3 Å². The van der Waals surface area contributed by atoms with Gasteiger partial charge in [-0.2, -0.15) is 0 Å². The summed E-state index contributed by atoms with van der Waals surface area (Å²) < 4.78 is 11.3. The smallest absolute Gasteiger partial charge is 0.191 e. The van der Waals surface area contributed by atoms with Crippen molar-refractivity contribution in [1.82, 2.24) is 10.6 Å². The van der Waals surface area contributed by atoms with Crippen LogP contribution >= 0.6 is 24.0 Å². The summed E-state index contributed by atoms with van der Waals surface area (Å²) in [5, 5.41) is 6.22. The third-order valence-corrected chi connectivity index (χ3v) is 3.46. The maximum atomic E-state index is 11.3. The number of hydrogen-bond donors (Lipinski definition) is 2. The summed E-state index contributed by atoms with van der Waals surface area (Å²) in [7, 11) is 2.63. The van der Waals surface area contributed by atoms with Crippen molar-refractivity contribution < 1.29 is 4.21 Å². The van der Waals surface area contributed by atoms with Crippen molar-refractivity contribution in [3.05, 3.63) is 29.8 Å². The zero-order valence-corrected chi connectivity index (χ0v) is 14.2. The molecule has 102 valence electrons. The van der Waals surface area contributed by atoms with Crippen molar-refractivity contribution in [1.29, 1.82) is 0 Å². The topological polar surface area (TPSA) is 53.5 Å². The number of rotatable bonds is 3. The van der Waals surface area contributed by atoms with Crippen molar-refractivity contribution in [2.24, 2.45) is 4.99 Å². The van der Waals surface area contributed by atoms with Gasteiger partial charge < -0.3 is 10.6 Å². The number of aliphatic imine (C=N–C) groups is 1. The largest absolute Gasteiger partial charge is 0.359 e. The van der Waals surface area contributed by atoms with E-state index in [9.17, 15) is 4.21 Å². The Morgan fingerprint density at radius 3 is 2.28 bits per heavy atom. The van der Waals surface area contributed by atoms with Gasteiger partial charge in [-0.25, -0.2) is 0 Å². The minimum atomic E-state index is -0.921. The normalized spacial score (nSPS) is 14.3. The molecule has 2 atom stereocenters. The Morgan fingerprint density at radius 2 is 1.89 bits per heavy atom. The molecule has 6 heteroatoms. The third kappa shape index (κ3) is 4.93. The molecule has 0 aliphatic rings. The minimum absolute atomic E-state index is 0. The summed E-state index contributed by atoms with van der Waals surface area (Å²) in [5.41, 5.74) is 1.13. The quantitative estimate of drug-likeness (QED) is 0.478. The van der Waals surface area contributed by atoms with Gasteiger partial charge in [0.2, 0.25) is 0 Å². The second kappa shape index (κ2) is 8.47. The second-order valence-corrected chi connectivity index (χ2v) is 5.09. The van der Waals surface area contributed by atoms with Gasteiger partial charge in [0.15, 0.2) is 5.96 Å². The lowest BCUT2D eigenvalue weighted by Crippen LogP contribution is -2.36. The summed E-state index contributed by atoms with van der Waals surface area (Å²) in [6, 6.07) is 7.91. The van der Waals surface area contributed by atoms with Crippen LogP contribution in [0.25, 0.3) is 0 Å². The summed E-state index contributed by atoms with van der Waals surface area (Å²) >= 11 is 0. The summed E-state index contributed by atoms with van der Waals surface area (Å²) in [4.78, 5) is 4.91. The van der Waals surface area contributed by atoms with Crippen LogP contribution in [0.4, 0.5) is 0 Å². The highest BCUT2D eigenvalue weighted by molar-refractivity contribution is 14.0. The van der Waals surface area contributed by atoms with Crippen molar-refractivity contribution in [3.8, 4) is 0 Å². The molecule has 1 aromatic carbocycles. The zero-order chi connectivity index (χ0) is 12.8. The first kappa shape index (κ1) is 17.4. The van der Waals surface area contributed by atoms with Crippen molar-refractivity contribution in [2.45, 2.75) is 17.9 Å². The average molecular weight is 381 g/mol. The zero-order valence-electron chi connectivity index (χ0n) is 11.1. The van der Waals surface area contributed by atoms with Gasteiger partial charge in [-0.15, -0.1) is 24.0 Å². The third-order valence-electron chi connectivity index (χ3n) is 2.53. The van der Waals surface area contributed by atoms with Crippen LogP contribution in [-0.4, -0.2) is 30.5 Å². The maximum Gasteiger partial charge on any atom is 0.191 e. The number of halogens is 1. The predicted molar refractivity (Wildman–Crippen MR) is 88.2 cm³/mol. The highest BCUT2D eigenvalue weighted by Gasteiger charge is 2.07. The molecule has 1 rings (SSSR count). The van der Waals surface area contributed by atoms with E-state index in [4.69, 9.17) is 0 Å². The van der Waals surface area contributed by atoms with Crippen LogP contribution < -0.4 is 10.6 Å². The number of guanidine groups is 1. The Kier molecular flexibility index (Phi) is 8.17. The van der Waals surface area contributed by atoms with Gasteiger partial charge in [0.1, 0.15) is 0 Å². The molecular weight excluding hydrogens is 361 g/mol. The first-order valence-corrected chi connectivity index (χ1v) is 6.98. The molecule has 0 aliphatic carbocycles. The molecule has 0 saturated heterocycles. The van der Waals surface area contributed by atoms with E-state index < -0.39 is 10.8 Å². The fraction of sp³-hybridized carbons (Fsp3) is 0.417. The Labute approximate surface area is 128 Å². The van der Waals surface area contributed by atoms with Gasteiger partial charge in [-0.3, -0.25) is 9.20 Å². The van der Waals surface area contributed by atoms with Crippen LogP contribution in [-0.2, 0) is 10.8 Å². The van der Waals surface area contributed by atoms with Gasteiger partial charge in [-0.1, -0.05) is 12.1 Å². The van der Waals surface area contributed by atoms with Crippen LogP contribution in [0.1, 0.15) is 18.5 Å². The molecule has 0 fully saturated rings. The molecule has 4 nitrogen and oxygen atoms in total. The van der Waals surface area contributed by atoms with Crippen molar-refractivity contribution >= 4 is 40.7 Å². The molecule has 0 amide bonds. The van der Waals surface area contributed by atoms with Gasteiger partial charge in [0, 0.05) is 36.0 Å². The summed E-state index contributed by atoms with van der Waals surface area (Å²) in [6.07, 6.45) is 1.68. The Balaban J connectivity index is 0.00000289. The first-order valence-electron chi connectivity index (χ1n) is 5.43. The van der Waals surface area contributed by atoms with E-state index in [0.29, 0.717) is 0 Å². The van der Waals surface area contributed by atoms with Crippen LogP contribution in [0.2, 0.25) is 0 Å². The molecule has 2 N–H and O–H groups in total. The van der Waals surface area contributed by atoms with Crippen LogP contribution in [0.5, 0.6) is 0 Å². The lowest BCUT2D eigenvalue weighted by atomic mass is 10.1. The highest BCUT2D eigenvalue weighted by atomic mass is 127. The average Bonchev–Trinajstić information content (AvgIpc) is 2.35. The SMILES string of the molecule is CN=C(NC)NC(C)c1ccc(S(C)=O)cc1.I. The van der Waals surface area contributed by atoms with Gasteiger partial charge in [-0.05, 0) is 24.6 Å². The first-order chi connectivity index (χ1) is 8.08. The van der Waals surface area contributed by atoms with Crippen molar-refractivity contribution in [3.63, 3.8) is 0 Å². The van der Waals surface area contributed by atoms with Crippen LogP contribution in [0.3, 0.4) is 0 Å². The fourth-order valence-electron chi connectivity index (χ4n) is 1.49. The van der Waals surface area contributed by atoms with Crippen LogP contribution in [0.15, 0.2) is 34.2 Å². The fourth-order valence-corrected chi connectivity index (χ4v) is 2.00. The van der Waals surface area contributed by atoms with Gasteiger partial charge in [0.25, 0.3) is 0 Å². The van der Waals surface area contributed by atoms with Gasteiger partial charge in [0.05, 0.1) is 6.04 Å². The second-order valence-electron chi connectivity index (χ2n) is 3.71. The number of nitrogens with zero attached hydrogens (tertiary/aromatic N) is 1. The molecule has 18 heavy (non-hydrogen) atoms. The minimum Gasteiger partial charge on any atom is -0.359 e. The molecule has 0 aliphatic heterocycles. The summed E-state index contributed by atoms with van der Waals surface area (Å²) in [5.74, 6) is 0.751. The molecule has 0 aromatic heterocycles. The van der Waals surface area contributed by atoms with E-state index in [1.165, 1.54) is 0 Å². The van der Waals surface area contributed by atoms with Crippen LogP contribution in [0, 0.1) is 0 Å². The molecule has 0 heterocycles. The molecule has 0 saturated carbocycles. The van der Waals surface area contributed by atoms with Crippen molar-refractivity contribution in [2.75, 3.05) is 20.4 Å². The summed E-state index contributed by atoms with van der Waals surface area (Å²) in [6.45, 7) is 2.06. The molecule has 0 radical (unpaired) electrons. The molecule has 0 spiro atoms.